The molecule has 2 unspecified atom stereocenters. The summed E-state index contributed by atoms with van der Waals surface area (Å²) in [6.07, 6.45) is 1.92. The molecule has 0 aliphatic carbocycles. The second kappa shape index (κ2) is 15.1. The molecule has 2 N–H and O–H groups in total. The smallest absolute Gasteiger partial charge is 0.332 e. The molecule has 2 fully saturated rings. The zero-order chi connectivity index (χ0) is 37.4. The molecule has 13 nitrogen and oxygen atoms in total. The minimum absolute atomic E-state index is 0.0681. The van der Waals surface area contributed by atoms with Crippen molar-refractivity contribution in [2.24, 2.45) is 40.7 Å². The van der Waals surface area contributed by atoms with Crippen molar-refractivity contribution < 1.29 is 36.4 Å². The number of benzene rings is 3. The zero-order valence-electron chi connectivity index (χ0n) is 30.0. The van der Waals surface area contributed by atoms with Gasteiger partial charge in [0.2, 0.25) is 20.0 Å². The van der Waals surface area contributed by atoms with Crippen LogP contribution in [0.5, 0.6) is 0 Å². The number of nitroso groups, excluding NO2 is 1. The fourth-order valence-corrected chi connectivity index (χ4v) is 11.2. The Morgan fingerprint density at radius 2 is 1.25 bits per heavy atom. The SMILES string of the molecule is CCC(C)C(CC(=O)ONc1c2ccc(S(=O)(=O)N3C[C@H](C)C[C@H](C)C3)cc2c(N=O)c2cc(S(=O)(=O)N3C[C@H](C)C[C@H](C)C3)ccc12)C(=O)O. The Labute approximate surface area is 299 Å². The number of hydrogen-bond donors (Lipinski definition) is 2. The molecule has 2 aliphatic heterocycles. The van der Waals surface area contributed by atoms with Crippen LogP contribution in [0.15, 0.2) is 51.4 Å². The van der Waals surface area contributed by atoms with E-state index in [-0.39, 0.29) is 72.3 Å². The van der Waals surface area contributed by atoms with Gasteiger partial charge in [-0.15, -0.1) is 4.91 Å². The molecule has 3 aromatic carbocycles. The topological polar surface area (TPSA) is 180 Å². The maximum absolute atomic E-state index is 13.9. The van der Waals surface area contributed by atoms with Crippen LogP contribution in [0.2, 0.25) is 0 Å². The Morgan fingerprint density at radius 3 is 1.63 bits per heavy atom. The molecule has 0 radical (unpaired) electrons. The molecule has 5 rings (SSSR count). The van der Waals surface area contributed by atoms with Crippen LogP contribution in [0.25, 0.3) is 21.5 Å². The lowest BCUT2D eigenvalue weighted by Gasteiger charge is -2.34. The molecule has 2 heterocycles. The number of carboxylic acids is 1. The van der Waals surface area contributed by atoms with Gasteiger partial charge in [0.1, 0.15) is 5.69 Å². The fourth-order valence-electron chi connectivity index (χ4n) is 7.74. The standard InChI is InChI=1S/C36H48N4O9S2/c1-7-25(6)30(36(42)43)16-33(41)49-38-35-28-10-8-26(50(45,46)39-17-21(2)12-22(3)18-39)14-31(28)34(37-44)32-15-27(9-11-29(32)35)51(47,48)40-19-23(4)13-24(5)20-40/h8-11,14-15,21-25,30,38H,7,12-13,16-20H2,1-6H3,(H,42,43)/t21-,22+,23-,24+,25?,30?. The molecule has 6 atom stereocenters. The van der Waals surface area contributed by atoms with Crippen molar-refractivity contribution in [1.82, 2.24) is 8.61 Å². The minimum Gasteiger partial charge on any atom is -0.481 e. The van der Waals surface area contributed by atoms with E-state index in [9.17, 15) is 36.4 Å². The molecular formula is C36H48N4O9S2. The van der Waals surface area contributed by atoms with Crippen molar-refractivity contribution >= 4 is 64.9 Å². The first-order valence-corrected chi connectivity index (χ1v) is 20.4. The number of nitrogens with one attached hydrogen (secondary N) is 1. The highest BCUT2D eigenvalue weighted by Gasteiger charge is 2.34. The Bertz CT molecular complexity index is 1920. The Hall–Kier alpha value is -3.66. The molecule has 15 heteroatoms. The number of hydrogen-bond acceptors (Lipinski definition) is 10. The Balaban J connectivity index is 1.65. The number of sulfonamides is 2. The van der Waals surface area contributed by atoms with Gasteiger partial charge in [0, 0.05) is 47.7 Å². The van der Waals surface area contributed by atoms with Crippen molar-refractivity contribution in [2.75, 3.05) is 31.7 Å². The van der Waals surface area contributed by atoms with Gasteiger partial charge in [-0.1, -0.05) is 60.1 Å². The van der Waals surface area contributed by atoms with Gasteiger partial charge in [0.05, 0.1) is 27.8 Å². The number of fused-ring (bicyclic) bond motifs is 2. The first-order chi connectivity index (χ1) is 24.0. The summed E-state index contributed by atoms with van der Waals surface area (Å²) < 4.78 is 58.6. The maximum Gasteiger partial charge on any atom is 0.332 e. The van der Waals surface area contributed by atoms with Crippen LogP contribution in [-0.4, -0.2) is 68.7 Å². The summed E-state index contributed by atoms with van der Waals surface area (Å²) in [6, 6.07) is 8.49. The molecule has 51 heavy (non-hydrogen) atoms. The molecule has 0 bridgehead atoms. The van der Waals surface area contributed by atoms with Crippen molar-refractivity contribution in [2.45, 2.75) is 77.0 Å². The van der Waals surface area contributed by atoms with Crippen LogP contribution < -0.4 is 5.48 Å². The van der Waals surface area contributed by atoms with E-state index in [2.05, 4.69) is 10.7 Å². The van der Waals surface area contributed by atoms with Gasteiger partial charge in [-0.2, -0.15) is 8.61 Å². The predicted molar refractivity (Wildman–Crippen MR) is 195 cm³/mol. The summed E-state index contributed by atoms with van der Waals surface area (Å²) in [5.74, 6) is -2.66. The summed E-state index contributed by atoms with van der Waals surface area (Å²) in [5, 5.41) is 13.8. The average Bonchev–Trinajstić information content (AvgIpc) is 3.07. The second-order valence-electron chi connectivity index (χ2n) is 14.9. The molecule has 3 aromatic rings. The highest BCUT2D eigenvalue weighted by molar-refractivity contribution is 7.89. The van der Waals surface area contributed by atoms with Crippen molar-refractivity contribution in [3.63, 3.8) is 0 Å². The number of carboxylic acid groups (broad SMARTS) is 1. The normalized spacial score (nSPS) is 23.5. The lowest BCUT2D eigenvalue weighted by Crippen LogP contribution is -2.42. The van der Waals surface area contributed by atoms with Crippen LogP contribution in [0.4, 0.5) is 11.4 Å². The average molecular weight is 745 g/mol. The molecule has 0 amide bonds. The largest absolute Gasteiger partial charge is 0.481 e. The summed E-state index contributed by atoms with van der Waals surface area (Å²) in [6.45, 7) is 12.9. The molecule has 278 valence electrons. The van der Waals surface area contributed by atoms with Crippen molar-refractivity contribution in [3.8, 4) is 0 Å². The van der Waals surface area contributed by atoms with E-state index >= 15 is 0 Å². The summed E-state index contributed by atoms with van der Waals surface area (Å²) >= 11 is 0. The molecule has 0 spiro atoms. The van der Waals surface area contributed by atoms with Gasteiger partial charge in [-0.3, -0.25) is 4.79 Å². The summed E-state index contributed by atoms with van der Waals surface area (Å²) in [7, 11) is -8.00. The number of carbonyl (C=O) groups is 2. The lowest BCUT2D eigenvalue weighted by atomic mass is 9.89. The molecular weight excluding hydrogens is 697 g/mol. The third-order valence-electron chi connectivity index (χ3n) is 10.4. The predicted octanol–water partition coefficient (Wildman–Crippen LogP) is 6.73. The van der Waals surface area contributed by atoms with Gasteiger partial charge in [-0.05, 0) is 71.9 Å². The second-order valence-corrected chi connectivity index (χ2v) is 18.8. The molecule has 2 aliphatic rings. The first kappa shape index (κ1) is 38.6. The number of carbonyl (C=O) groups excluding carboxylic acids is 1. The van der Waals surface area contributed by atoms with Crippen LogP contribution in [-0.2, 0) is 34.5 Å². The maximum atomic E-state index is 13.9. The van der Waals surface area contributed by atoms with Gasteiger partial charge in [-0.25, -0.2) is 27.1 Å². The van der Waals surface area contributed by atoms with E-state index in [1.165, 1.54) is 45.0 Å². The molecule has 0 saturated carbocycles. The van der Waals surface area contributed by atoms with E-state index in [0.717, 1.165) is 12.8 Å². The van der Waals surface area contributed by atoms with E-state index in [0.29, 0.717) is 32.6 Å². The van der Waals surface area contributed by atoms with Crippen molar-refractivity contribution in [1.29, 1.82) is 0 Å². The number of anilines is 1. The van der Waals surface area contributed by atoms with Crippen LogP contribution >= 0.6 is 0 Å². The van der Waals surface area contributed by atoms with Gasteiger partial charge < -0.3 is 9.94 Å². The quantitative estimate of drug-likeness (QED) is 0.115. The van der Waals surface area contributed by atoms with E-state index in [4.69, 9.17) is 4.84 Å². The third-order valence-corrected chi connectivity index (χ3v) is 14.0. The van der Waals surface area contributed by atoms with Crippen molar-refractivity contribution in [3.05, 3.63) is 41.3 Å². The Morgan fingerprint density at radius 1 is 0.824 bits per heavy atom. The number of nitrogens with zero attached hydrogens (tertiary/aromatic N) is 3. The number of rotatable bonds is 12. The van der Waals surface area contributed by atoms with Gasteiger partial charge >= 0.3 is 11.9 Å². The van der Waals surface area contributed by atoms with E-state index in [1.807, 2.05) is 34.6 Å². The highest BCUT2D eigenvalue weighted by atomic mass is 32.2. The first-order valence-electron chi connectivity index (χ1n) is 17.5. The van der Waals surface area contributed by atoms with Gasteiger partial charge in [0.25, 0.3) is 0 Å². The third kappa shape index (κ3) is 7.91. The molecule has 2 saturated heterocycles. The minimum atomic E-state index is -4.00. The highest BCUT2D eigenvalue weighted by Crippen LogP contribution is 2.44. The van der Waals surface area contributed by atoms with Crippen LogP contribution in [0, 0.1) is 40.4 Å². The summed E-state index contributed by atoms with van der Waals surface area (Å²) in [5.41, 5.74) is 2.63. The number of aliphatic carboxylic acids is 1. The van der Waals surface area contributed by atoms with Gasteiger partial charge in [0.15, 0.2) is 0 Å². The Kier molecular flexibility index (Phi) is 11.4. The fraction of sp³-hybridized carbons (Fsp3) is 0.556. The van der Waals surface area contributed by atoms with Crippen LogP contribution in [0.3, 0.4) is 0 Å². The van der Waals surface area contributed by atoms with E-state index < -0.39 is 44.3 Å². The number of piperidine rings is 2. The van der Waals surface area contributed by atoms with Crippen LogP contribution in [0.1, 0.15) is 67.2 Å². The van der Waals surface area contributed by atoms with E-state index in [1.54, 1.807) is 6.92 Å². The summed E-state index contributed by atoms with van der Waals surface area (Å²) in [4.78, 5) is 42.8. The lowest BCUT2D eigenvalue weighted by molar-refractivity contribution is -0.151. The monoisotopic (exact) mass is 744 g/mol. The molecule has 0 aromatic heterocycles. The zero-order valence-corrected chi connectivity index (χ0v) is 31.6.